The summed E-state index contributed by atoms with van der Waals surface area (Å²) in [6.45, 7) is 8.58. The van der Waals surface area contributed by atoms with Gasteiger partial charge in [-0.1, -0.05) is 13.8 Å². The third kappa shape index (κ3) is 5.48. The average Bonchev–Trinajstić information content (AvgIpc) is 2.30. The molecule has 4 heteroatoms. The van der Waals surface area contributed by atoms with Crippen molar-refractivity contribution >= 4 is 23.5 Å². The Hall–Kier alpha value is 0.620. The van der Waals surface area contributed by atoms with E-state index in [1.807, 2.05) is 0 Å². The molecule has 1 aliphatic rings. The Bertz CT molecular complexity index is 144. The van der Waals surface area contributed by atoms with Gasteiger partial charge in [-0.15, -0.1) is 0 Å². The van der Waals surface area contributed by atoms with E-state index in [2.05, 4.69) is 42.3 Å². The van der Waals surface area contributed by atoms with Gasteiger partial charge in [0.25, 0.3) is 0 Å². The molecule has 2 nitrogen and oxygen atoms in total. The van der Waals surface area contributed by atoms with Crippen molar-refractivity contribution in [2.24, 2.45) is 0 Å². The van der Waals surface area contributed by atoms with Gasteiger partial charge in [0.05, 0.1) is 13.2 Å². The molecule has 1 fully saturated rings. The van der Waals surface area contributed by atoms with E-state index in [0.29, 0.717) is 0 Å². The normalized spacial score (nSPS) is 18.6. The van der Waals surface area contributed by atoms with E-state index >= 15 is 0 Å². The minimum Gasteiger partial charge on any atom is -0.379 e. The zero-order valence-electron chi connectivity index (χ0n) is 9.91. The molecule has 1 saturated heterocycles. The van der Waals surface area contributed by atoms with Crippen LogP contribution in [0.25, 0.3) is 0 Å². The van der Waals surface area contributed by atoms with Gasteiger partial charge in [-0.05, 0) is 11.5 Å². The smallest absolute Gasteiger partial charge is 0.0594 e. The van der Waals surface area contributed by atoms with Crippen molar-refractivity contribution < 1.29 is 4.74 Å². The first-order valence-electron chi connectivity index (χ1n) is 5.85. The van der Waals surface area contributed by atoms with Crippen LogP contribution in [-0.2, 0) is 4.74 Å². The van der Waals surface area contributed by atoms with Gasteiger partial charge in [0.1, 0.15) is 0 Å². The van der Waals surface area contributed by atoms with Crippen LogP contribution >= 0.6 is 23.5 Å². The fourth-order valence-corrected chi connectivity index (χ4v) is 3.53. The quantitative estimate of drug-likeness (QED) is 0.685. The van der Waals surface area contributed by atoms with Gasteiger partial charge < -0.3 is 4.74 Å². The molecule has 0 spiro atoms. The predicted molar refractivity (Wildman–Crippen MR) is 72.2 cm³/mol. The largest absolute Gasteiger partial charge is 0.379 e. The Labute approximate surface area is 103 Å². The van der Waals surface area contributed by atoms with Crippen molar-refractivity contribution in [2.75, 3.05) is 49.3 Å². The van der Waals surface area contributed by atoms with Crippen molar-refractivity contribution in [3.63, 3.8) is 0 Å². The van der Waals surface area contributed by atoms with Crippen LogP contribution in [0.3, 0.4) is 0 Å². The van der Waals surface area contributed by atoms with E-state index in [9.17, 15) is 0 Å². The minimum atomic E-state index is 0.754. The maximum atomic E-state index is 5.40. The van der Waals surface area contributed by atoms with Crippen LogP contribution in [0.15, 0.2) is 0 Å². The lowest BCUT2D eigenvalue weighted by molar-refractivity contribution is 0.0255. The number of hydrogen-bond donors (Lipinski definition) is 0. The van der Waals surface area contributed by atoms with Crippen LogP contribution in [0.5, 0.6) is 0 Å². The van der Waals surface area contributed by atoms with Gasteiger partial charge in [0.2, 0.25) is 0 Å². The zero-order valence-corrected chi connectivity index (χ0v) is 11.5. The number of nitrogens with zero attached hydrogens (tertiary/aromatic N) is 1. The van der Waals surface area contributed by atoms with E-state index in [1.165, 1.54) is 23.0 Å². The highest BCUT2D eigenvalue weighted by atomic mass is 32.2. The molecule has 0 bridgehead atoms. The van der Waals surface area contributed by atoms with Crippen molar-refractivity contribution in [1.82, 2.24) is 4.90 Å². The summed E-state index contributed by atoms with van der Waals surface area (Å²) in [6.07, 6.45) is 0. The molecule has 0 aromatic heterocycles. The molecule has 0 saturated carbocycles. The molecule has 90 valence electrons. The lowest BCUT2D eigenvalue weighted by Gasteiger charge is -2.34. The number of ether oxygens (including phenoxy) is 1. The van der Waals surface area contributed by atoms with E-state index < -0.39 is 0 Å². The standard InChI is InChI=1S/C11H23NOS2/c1-3-14-9-11(10-15-4-2)12-5-7-13-8-6-12/h11H,3-10H2,1-2H3. The molecule has 1 heterocycles. The molecule has 1 aliphatic heterocycles. The Morgan fingerprint density at radius 2 is 1.60 bits per heavy atom. The van der Waals surface area contributed by atoms with Gasteiger partial charge >= 0.3 is 0 Å². The first-order valence-corrected chi connectivity index (χ1v) is 8.16. The van der Waals surface area contributed by atoms with E-state index in [4.69, 9.17) is 4.74 Å². The number of morpholine rings is 1. The molecule has 0 unspecified atom stereocenters. The summed E-state index contributed by atoms with van der Waals surface area (Å²) in [5.41, 5.74) is 0. The molecular formula is C11H23NOS2. The summed E-state index contributed by atoms with van der Waals surface area (Å²) in [4.78, 5) is 2.61. The third-order valence-electron chi connectivity index (χ3n) is 2.59. The highest BCUT2D eigenvalue weighted by Crippen LogP contribution is 2.15. The van der Waals surface area contributed by atoms with Crippen molar-refractivity contribution in [3.8, 4) is 0 Å². The maximum Gasteiger partial charge on any atom is 0.0594 e. The second kappa shape index (κ2) is 8.74. The maximum absolute atomic E-state index is 5.40. The van der Waals surface area contributed by atoms with Crippen molar-refractivity contribution in [1.29, 1.82) is 0 Å². The van der Waals surface area contributed by atoms with Crippen molar-refractivity contribution in [2.45, 2.75) is 19.9 Å². The Morgan fingerprint density at radius 3 is 2.07 bits per heavy atom. The van der Waals surface area contributed by atoms with Crippen LogP contribution in [0.1, 0.15) is 13.8 Å². The first-order chi connectivity index (χ1) is 7.38. The second-order valence-electron chi connectivity index (χ2n) is 3.62. The summed E-state index contributed by atoms with van der Waals surface area (Å²) in [7, 11) is 0. The Morgan fingerprint density at radius 1 is 1.07 bits per heavy atom. The molecular weight excluding hydrogens is 226 g/mol. The summed E-state index contributed by atoms with van der Waals surface area (Å²) in [5.74, 6) is 5.03. The fraction of sp³-hybridized carbons (Fsp3) is 1.00. The summed E-state index contributed by atoms with van der Waals surface area (Å²) in [5, 5.41) is 0. The monoisotopic (exact) mass is 249 g/mol. The third-order valence-corrected chi connectivity index (χ3v) is 4.65. The number of rotatable bonds is 7. The van der Waals surface area contributed by atoms with Gasteiger partial charge in [0.15, 0.2) is 0 Å². The highest BCUT2D eigenvalue weighted by Gasteiger charge is 2.20. The van der Waals surface area contributed by atoms with E-state index in [-0.39, 0.29) is 0 Å². The zero-order chi connectivity index (χ0) is 10.9. The predicted octanol–water partition coefficient (Wildman–Crippen LogP) is 2.19. The van der Waals surface area contributed by atoms with Crippen molar-refractivity contribution in [3.05, 3.63) is 0 Å². The van der Waals surface area contributed by atoms with Crippen LogP contribution in [0, 0.1) is 0 Å². The Balaban J connectivity index is 2.30. The average molecular weight is 249 g/mol. The second-order valence-corrected chi connectivity index (χ2v) is 6.26. The van der Waals surface area contributed by atoms with Gasteiger partial charge in [0, 0.05) is 30.6 Å². The van der Waals surface area contributed by atoms with E-state index in [0.717, 1.165) is 32.3 Å². The Kier molecular flexibility index (Phi) is 7.97. The summed E-state index contributed by atoms with van der Waals surface area (Å²) >= 11 is 4.13. The molecule has 0 aromatic rings. The molecule has 0 aromatic carbocycles. The summed E-state index contributed by atoms with van der Waals surface area (Å²) in [6, 6.07) is 0.754. The lowest BCUT2D eigenvalue weighted by atomic mass is 10.3. The van der Waals surface area contributed by atoms with Crippen LogP contribution in [0.2, 0.25) is 0 Å². The summed E-state index contributed by atoms with van der Waals surface area (Å²) < 4.78 is 5.40. The van der Waals surface area contributed by atoms with Crippen LogP contribution in [-0.4, -0.2) is 60.3 Å². The topological polar surface area (TPSA) is 12.5 Å². The molecule has 0 amide bonds. The molecule has 0 atom stereocenters. The molecule has 0 radical (unpaired) electrons. The SMILES string of the molecule is CCSCC(CSCC)N1CCOCC1. The lowest BCUT2D eigenvalue weighted by Crippen LogP contribution is -2.46. The number of hydrogen-bond acceptors (Lipinski definition) is 4. The minimum absolute atomic E-state index is 0.754. The van der Waals surface area contributed by atoms with Gasteiger partial charge in [-0.3, -0.25) is 4.90 Å². The number of thioether (sulfide) groups is 2. The first kappa shape index (κ1) is 13.7. The highest BCUT2D eigenvalue weighted by molar-refractivity contribution is 8.00. The fourth-order valence-electron chi connectivity index (χ4n) is 1.71. The van der Waals surface area contributed by atoms with Gasteiger partial charge in [-0.25, -0.2) is 0 Å². The van der Waals surface area contributed by atoms with E-state index in [1.54, 1.807) is 0 Å². The molecule has 15 heavy (non-hydrogen) atoms. The molecule has 0 aliphatic carbocycles. The van der Waals surface area contributed by atoms with Gasteiger partial charge in [-0.2, -0.15) is 23.5 Å². The van der Waals surface area contributed by atoms with Crippen LogP contribution in [0.4, 0.5) is 0 Å². The van der Waals surface area contributed by atoms with Crippen LogP contribution < -0.4 is 0 Å². The molecule has 0 N–H and O–H groups in total. The molecule has 1 rings (SSSR count).